The van der Waals surface area contributed by atoms with E-state index in [1.54, 1.807) is 0 Å². The molecule has 0 saturated carbocycles. The normalized spacial score (nSPS) is 14.3. The van der Waals surface area contributed by atoms with Gasteiger partial charge in [-0.3, -0.25) is 0 Å². The molecule has 0 aliphatic heterocycles. The fraction of sp³-hybridized carbons (Fsp3) is 0.120. The summed E-state index contributed by atoms with van der Waals surface area (Å²) in [6.45, 7) is 4.70. The standard InChI is InChI=1S/C25H19I/c1-25(2)23-14-17(20-9-5-7-16-6-3-4-8-19(16)20)10-12-21(23)22-13-11-18(26)15-24(22)25/h3-15H,1-2H3. The van der Waals surface area contributed by atoms with E-state index >= 15 is 0 Å². The second-order valence-corrected chi connectivity index (χ2v) is 8.85. The van der Waals surface area contributed by atoms with E-state index in [2.05, 4.69) is 115 Å². The van der Waals surface area contributed by atoms with Crippen molar-refractivity contribution in [2.45, 2.75) is 19.3 Å². The van der Waals surface area contributed by atoms with E-state index in [4.69, 9.17) is 0 Å². The molecule has 0 aromatic heterocycles. The molecule has 0 N–H and O–H groups in total. The number of halogens is 1. The Labute approximate surface area is 168 Å². The summed E-state index contributed by atoms with van der Waals surface area (Å²) in [5.41, 5.74) is 8.28. The topological polar surface area (TPSA) is 0 Å². The fourth-order valence-corrected chi connectivity index (χ4v) is 4.85. The quantitative estimate of drug-likeness (QED) is 0.267. The van der Waals surface area contributed by atoms with Crippen LogP contribution in [0, 0.1) is 3.57 Å². The molecular weight excluding hydrogens is 427 g/mol. The molecule has 0 atom stereocenters. The van der Waals surface area contributed by atoms with Crippen molar-refractivity contribution in [2.24, 2.45) is 0 Å². The Morgan fingerprint density at radius 2 is 1.35 bits per heavy atom. The summed E-state index contributed by atoms with van der Waals surface area (Å²) in [5, 5.41) is 2.61. The third-order valence-corrected chi connectivity index (χ3v) is 6.41. The van der Waals surface area contributed by atoms with Gasteiger partial charge >= 0.3 is 0 Å². The second-order valence-electron chi connectivity index (χ2n) is 7.60. The van der Waals surface area contributed by atoms with Gasteiger partial charge in [0.25, 0.3) is 0 Å². The number of benzene rings is 4. The molecule has 4 aromatic rings. The van der Waals surface area contributed by atoms with Gasteiger partial charge in [0, 0.05) is 8.99 Å². The Morgan fingerprint density at radius 3 is 2.19 bits per heavy atom. The number of rotatable bonds is 1. The number of fused-ring (bicyclic) bond motifs is 4. The van der Waals surface area contributed by atoms with Crippen molar-refractivity contribution in [2.75, 3.05) is 0 Å². The van der Waals surface area contributed by atoms with Gasteiger partial charge in [-0.05, 0) is 84.9 Å². The molecule has 0 fully saturated rings. The minimum Gasteiger partial charge on any atom is -0.0616 e. The maximum absolute atomic E-state index is 2.41. The highest BCUT2D eigenvalue weighted by Gasteiger charge is 2.35. The van der Waals surface area contributed by atoms with Crippen LogP contribution in [0.25, 0.3) is 33.0 Å². The van der Waals surface area contributed by atoms with Crippen molar-refractivity contribution in [3.05, 3.63) is 93.6 Å². The van der Waals surface area contributed by atoms with Crippen LogP contribution in [0.4, 0.5) is 0 Å². The summed E-state index contributed by atoms with van der Waals surface area (Å²) in [6, 6.07) is 29.1. The fourth-order valence-electron chi connectivity index (χ4n) is 4.35. The first kappa shape index (κ1) is 16.1. The highest BCUT2D eigenvalue weighted by atomic mass is 127. The molecule has 0 radical (unpaired) electrons. The van der Waals surface area contributed by atoms with Crippen LogP contribution < -0.4 is 0 Å². The van der Waals surface area contributed by atoms with Gasteiger partial charge in [-0.25, -0.2) is 0 Å². The molecule has 1 heteroatoms. The monoisotopic (exact) mass is 446 g/mol. The molecule has 0 amide bonds. The number of hydrogen-bond donors (Lipinski definition) is 0. The lowest BCUT2D eigenvalue weighted by molar-refractivity contribution is 0.660. The Bertz CT molecular complexity index is 1160. The van der Waals surface area contributed by atoms with Crippen LogP contribution in [-0.4, -0.2) is 0 Å². The van der Waals surface area contributed by atoms with E-state index < -0.39 is 0 Å². The summed E-state index contributed by atoms with van der Waals surface area (Å²) < 4.78 is 1.30. The lowest BCUT2D eigenvalue weighted by atomic mass is 9.81. The zero-order chi connectivity index (χ0) is 17.9. The lowest BCUT2D eigenvalue weighted by Crippen LogP contribution is -2.15. The second kappa shape index (κ2) is 5.68. The minimum atomic E-state index is 0.0342. The van der Waals surface area contributed by atoms with E-state index in [0.717, 1.165) is 0 Å². The molecule has 26 heavy (non-hydrogen) atoms. The zero-order valence-electron chi connectivity index (χ0n) is 14.9. The molecule has 1 aliphatic rings. The van der Waals surface area contributed by atoms with E-state index in [1.165, 1.54) is 47.7 Å². The first-order valence-corrected chi connectivity index (χ1v) is 10.1. The van der Waals surface area contributed by atoms with E-state index in [-0.39, 0.29) is 5.41 Å². The van der Waals surface area contributed by atoms with E-state index in [9.17, 15) is 0 Å². The molecule has 5 rings (SSSR count). The highest BCUT2D eigenvalue weighted by molar-refractivity contribution is 14.1. The van der Waals surface area contributed by atoms with Crippen molar-refractivity contribution >= 4 is 33.4 Å². The molecular formula is C25H19I. The average Bonchev–Trinajstić information content (AvgIpc) is 2.88. The summed E-state index contributed by atoms with van der Waals surface area (Å²) in [4.78, 5) is 0. The first-order valence-electron chi connectivity index (χ1n) is 8.99. The van der Waals surface area contributed by atoms with Gasteiger partial charge in [0.15, 0.2) is 0 Å². The summed E-state index contributed by atoms with van der Waals surface area (Å²) >= 11 is 2.41. The van der Waals surface area contributed by atoms with Crippen LogP contribution in [0.15, 0.2) is 78.9 Å². The van der Waals surface area contributed by atoms with Gasteiger partial charge in [-0.1, -0.05) is 74.5 Å². The van der Waals surface area contributed by atoms with Crippen molar-refractivity contribution in [3.8, 4) is 22.3 Å². The van der Waals surface area contributed by atoms with Crippen LogP contribution in [0.5, 0.6) is 0 Å². The SMILES string of the molecule is CC1(C)c2cc(I)ccc2-c2ccc(-c3cccc4ccccc34)cc21. The van der Waals surface area contributed by atoms with Crippen molar-refractivity contribution < 1.29 is 0 Å². The zero-order valence-corrected chi connectivity index (χ0v) is 17.0. The largest absolute Gasteiger partial charge is 0.0616 e. The molecule has 4 aromatic carbocycles. The van der Waals surface area contributed by atoms with Crippen LogP contribution in [0.2, 0.25) is 0 Å². The van der Waals surface area contributed by atoms with Crippen molar-refractivity contribution in [1.82, 2.24) is 0 Å². The van der Waals surface area contributed by atoms with Gasteiger partial charge in [0.1, 0.15) is 0 Å². The third kappa shape index (κ3) is 2.26. The van der Waals surface area contributed by atoms with Crippen LogP contribution in [0.3, 0.4) is 0 Å². The highest BCUT2D eigenvalue weighted by Crippen LogP contribution is 2.50. The van der Waals surface area contributed by atoms with Gasteiger partial charge in [0.05, 0.1) is 0 Å². The molecule has 0 spiro atoms. The summed E-state index contributed by atoms with van der Waals surface area (Å²) in [6.07, 6.45) is 0. The van der Waals surface area contributed by atoms with Gasteiger partial charge in [0.2, 0.25) is 0 Å². The van der Waals surface area contributed by atoms with Crippen LogP contribution in [0.1, 0.15) is 25.0 Å². The Hall–Kier alpha value is -2.13. The maximum atomic E-state index is 2.41. The van der Waals surface area contributed by atoms with Gasteiger partial charge in [-0.15, -0.1) is 0 Å². The van der Waals surface area contributed by atoms with Crippen molar-refractivity contribution in [3.63, 3.8) is 0 Å². The van der Waals surface area contributed by atoms with Crippen LogP contribution >= 0.6 is 22.6 Å². The molecule has 126 valence electrons. The van der Waals surface area contributed by atoms with Gasteiger partial charge in [-0.2, -0.15) is 0 Å². The summed E-state index contributed by atoms with van der Waals surface area (Å²) in [5.74, 6) is 0. The minimum absolute atomic E-state index is 0.0342. The van der Waals surface area contributed by atoms with Crippen molar-refractivity contribution in [1.29, 1.82) is 0 Å². The lowest BCUT2D eigenvalue weighted by Gasteiger charge is -2.22. The predicted molar refractivity (Wildman–Crippen MR) is 120 cm³/mol. The predicted octanol–water partition coefficient (Wildman–Crippen LogP) is 7.42. The molecule has 0 saturated heterocycles. The molecule has 1 aliphatic carbocycles. The Balaban J connectivity index is 1.75. The molecule has 0 bridgehead atoms. The molecule has 0 heterocycles. The number of hydrogen-bond acceptors (Lipinski definition) is 0. The van der Waals surface area contributed by atoms with Gasteiger partial charge < -0.3 is 0 Å². The van der Waals surface area contributed by atoms with E-state index in [1.807, 2.05) is 0 Å². The molecule has 0 nitrogen and oxygen atoms in total. The van der Waals surface area contributed by atoms with E-state index in [0.29, 0.717) is 0 Å². The Morgan fingerprint density at radius 1 is 0.654 bits per heavy atom. The first-order chi connectivity index (χ1) is 12.6. The molecule has 0 unspecified atom stereocenters. The summed E-state index contributed by atoms with van der Waals surface area (Å²) in [7, 11) is 0. The maximum Gasteiger partial charge on any atom is 0.0159 e. The smallest absolute Gasteiger partial charge is 0.0159 e. The third-order valence-electron chi connectivity index (χ3n) is 5.74. The Kier molecular flexibility index (Phi) is 3.51. The average molecular weight is 446 g/mol. The van der Waals surface area contributed by atoms with Crippen LogP contribution in [-0.2, 0) is 5.41 Å².